The van der Waals surface area contributed by atoms with Gasteiger partial charge in [-0.25, -0.2) is 12.7 Å². The average Bonchev–Trinajstić information content (AvgIpc) is 2.33. The Morgan fingerprint density at radius 1 is 1.54 bits per heavy atom. The third-order valence-corrected chi connectivity index (χ3v) is 4.80. The highest BCUT2D eigenvalue weighted by Crippen LogP contribution is 2.27. The molecule has 0 amide bonds. The molecule has 0 fully saturated rings. The van der Waals surface area contributed by atoms with Gasteiger partial charge in [0.1, 0.15) is 13.6 Å². The number of hydrogen-bond acceptors (Lipinski definition) is 4. The van der Waals surface area contributed by atoms with E-state index in [-0.39, 0.29) is 15.4 Å². The molecule has 1 rings (SSSR count). The molecule has 0 aliphatic heterocycles. The Morgan fingerprint density at radius 2 is 2.08 bits per heavy atom. The lowest BCUT2D eigenvalue weighted by Crippen LogP contribution is -2.21. The van der Waals surface area contributed by atoms with Crippen molar-refractivity contribution >= 4 is 34.7 Å². The largest absolute Gasteiger partial charge is 0.506 e. The van der Waals surface area contributed by atoms with E-state index >= 15 is 0 Å². The Labute approximate surface area is 82.3 Å². The van der Waals surface area contributed by atoms with Gasteiger partial charge < -0.3 is 5.11 Å². The van der Waals surface area contributed by atoms with E-state index in [9.17, 15) is 13.5 Å². The number of thiophene rings is 1. The van der Waals surface area contributed by atoms with Crippen molar-refractivity contribution in [3.63, 3.8) is 0 Å². The average molecular weight is 217 g/mol. The SMILES string of the molecule is [B]c1csc(S(=O)(=O)N(C)C)c1O. The topological polar surface area (TPSA) is 57.6 Å². The summed E-state index contributed by atoms with van der Waals surface area (Å²) in [6, 6.07) is 0. The molecular formula is C6H8BNO3S2. The quantitative estimate of drug-likeness (QED) is 0.679. The Balaban J connectivity index is 3.32. The van der Waals surface area contributed by atoms with Crippen LogP contribution in [0.4, 0.5) is 0 Å². The Hall–Kier alpha value is -0.525. The third-order valence-electron chi connectivity index (χ3n) is 1.47. The molecule has 4 nitrogen and oxygen atoms in total. The lowest BCUT2D eigenvalue weighted by molar-refractivity contribution is 0.462. The minimum Gasteiger partial charge on any atom is -0.506 e. The molecule has 0 saturated carbocycles. The highest BCUT2D eigenvalue weighted by Gasteiger charge is 2.23. The van der Waals surface area contributed by atoms with Gasteiger partial charge >= 0.3 is 0 Å². The van der Waals surface area contributed by atoms with Crippen LogP contribution in [-0.2, 0) is 10.0 Å². The third kappa shape index (κ3) is 1.72. The van der Waals surface area contributed by atoms with Gasteiger partial charge in [-0.2, -0.15) is 0 Å². The zero-order valence-electron chi connectivity index (χ0n) is 7.18. The molecule has 7 heteroatoms. The second-order valence-corrected chi connectivity index (χ2v) is 5.84. The van der Waals surface area contributed by atoms with Crippen molar-refractivity contribution in [3.05, 3.63) is 5.38 Å². The molecular weight excluding hydrogens is 209 g/mol. The van der Waals surface area contributed by atoms with Crippen LogP contribution in [0.1, 0.15) is 0 Å². The zero-order chi connectivity index (χ0) is 10.2. The predicted molar refractivity (Wildman–Crippen MR) is 52.2 cm³/mol. The van der Waals surface area contributed by atoms with Gasteiger partial charge in [-0.15, -0.1) is 11.3 Å². The van der Waals surface area contributed by atoms with Crippen molar-refractivity contribution in [2.75, 3.05) is 14.1 Å². The summed E-state index contributed by atoms with van der Waals surface area (Å²) in [6.45, 7) is 0. The van der Waals surface area contributed by atoms with Crippen molar-refractivity contribution in [2.24, 2.45) is 0 Å². The van der Waals surface area contributed by atoms with Gasteiger partial charge in [-0.3, -0.25) is 0 Å². The molecule has 70 valence electrons. The summed E-state index contributed by atoms with van der Waals surface area (Å²) >= 11 is 0.907. The van der Waals surface area contributed by atoms with Gasteiger partial charge in [0.15, 0.2) is 4.21 Å². The maximum Gasteiger partial charge on any atom is 0.255 e. The Morgan fingerprint density at radius 3 is 2.38 bits per heavy atom. The van der Waals surface area contributed by atoms with Crippen molar-refractivity contribution < 1.29 is 13.5 Å². The molecule has 1 aromatic rings. The van der Waals surface area contributed by atoms with Crippen LogP contribution in [-0.4, -0.2) is 39.8 Å². The van der Waals surface area contributed by atoms with Gasteiger partial charge in [0.05, 0.1) is 0 Å². The summed E-state index contributed by atoms with van der Waals surface area (Å²) in [4.78, 5) is 0. The molecule has 1 aromatic heterocycles. The fraction of sp³-hybridized carbons (Fsp3) is 0.333. The van der Waals surface area contributed by atoms with E-state index in [2.05, 4.69) is 0 Å². The van der Waals surface area contributed by atoms with Crippen molar-refractivity contribution in [1.29, 1.82) is 0 Å². The van der Waals surface area contributed by atoms with Crippen LogP contribution in [0.2, 0.25) is 0 Å². The Kier molecular flexibility index (Phi) is 2.70. The molecule has 0 spiro atoms. The first-order valence-corrected chi connectivity index (χ1v) is 5.67. The summed E-state index contributed by atoms with van der Waals surface area (Å²) in [5.74, 6) is -0.362. The minimum atomic E-state index is -3.56. The van der Waals surface area contributed by atoms with Crippen LogP contribution in [0.25, 0.3) is 0 Å². The van der Waals surface area contributed by atoms with Crippen LogP contribution in [0.3, 0.4) is 0 Å². The fourth-order valence-electron chi connectivity index (χ4n) is 0.695. The van der Waals surface area contributed by atoms with Crippen molar-refractivity contribution in [3.8, 4) is 5.75 Å². The molecule has 0 aromatic carbocycles. The van der Waals surface area contributed by atoms with Gasteiger partial charge in [-0.1, -0.05) is 0 Å². The smallest absolute Gasteiger partial charge is 0.255 e. The maximum atomic E-state index is 11.5. The molecule has 0 atom stereocenters. The van der Waals surface area contributed by atoms with Crippen LogP contribution in [0.15, 0.2) is 9.59 Å². The number of hydrogen-bond donors (Lipinski definition) is 1. The molecule has 2 radical (unpaired) electrons. The van der Waals surface area contributed by atoms with Crippen LogP contribution >= 0.6 is 11.3 Å². The molecule has 0 bridgehead atoms. The highest BCUT2D eigenvalue weighted by molar-refractivity contribution is 7.91. The summed E-state index contributed by atoms with van der Waals surface area (Å²) in [6.07, 6.45) is 0. The lowest BCUT2D eigenvalue weighted by Gasteiger charge is -2.09. The van der Waals surface area contributed by atoms with E-state index in [1.54, 1.807) is 0 Å². The second-order valence-electron chi connectivity index (χ2n) is 2.61. The molecule has 0 unspecified atom stereocenters. The monoisotopic (exact) mass is 217 g/mol. The number of sulfonamides is 1. The summed E-state index contributed by atoms with van der Waals surface area (Å²) < 4.78 is 23.9. The predicted octanol–water partition coefficient (Wildman–Crippen LogP) is -0.502. The fourth-order valence-corrected chi connectivity index (χ4v) is 3.04. The Bertz CT molecular complexity index is 410. The normalized spacial score (nSPS) is 12.2. The van der Waals surface area contributed by atoms with E-state index in [0.717, 1.165) is 15.6 Å². The first-order chi connectivity index (χ1) is 5.87. The summed E-state index contributed by atoms with van der Waals surface area (Å²) in [5, 5.41) is 10.7. The number of nitrogens with zero attached hydrogens (tertiary/aromatic N) is 1. The van der Waals surface area contributed by atoms with Crippen molar-refractivity contribution in [1.82, 2.24) is 4.31 Å². The van der Waals surface area contributed by atoms with Crippen LogP contribution in [0, 0.1) is 0 Å². The molecule has 1 N–H and O–H groups in total. The summed E-state index contributed by atoms with van der Waals surface area (Å²) in [5.41, 5.74) is 0.0884. The second kappa shape index (κ2) is 3.32. The summed E-state index contributed by atoms with van der Waals surface area (Å²) in [7, 11) is 4.54. The van der Waals surface area contributed by atoms with Gasteiger partial charge in [0.2, 0.25) is 0 Å². The first kappa shape index (κ1) is 10.6. The van der Waals surface area contributed by atoms with Crippen LogP contribution in [0.5, 0.6) is 5.75 Å². The van der Waals surface area contributed by atoms with Gasteiger partial charge in [0, 0.05) is 14.1 Å². The van der Waals surface area contributed by atoms with E-state index in [0.29, 0.717) is 0 Å². The molecule has 0 aliphatic rings. The molecule has 0 aliphatic carbocycles. The first-order valence-electron chi connectivity index (χ1n) is 3.36. The van der Waals surface area contributed by atoms with E-state index in [4.69, 9.17) is 7.85 Å². The highest BCUT2D eigenvalue weighted by atomic mass is 32.2. The molecule has 13 heavy (non-hydrogen) atoms. The molecule has 0 saturated heterocycles. The van der Waals surface area contributed by atoms with Gasteiger partial charge in [0.25, 0.3) is 10.0 Å². The number of aromatic hydroxyl groups is 1. The van der Waals surface area contributed by atoms with E-state index in [1.165, 1.54) is 19.5 Å². The molecule has 1 heterocycles. The number of rotatable bonds is 2. The minimum absolute atomic E-state index is 0.0884. The van der Waals surface area contributed by atoms with Gasteiger partial charge in [-0.05, 0) is 10.8 Å². The lowest BCUT2D eigenvalue weighted by atomic mass is 10.0. The van der Waals surface area contributed by atoms with E-state index < -0.39 is 10.0 Å². The van der Waals surface area contributed by atoms with Crippen LogP contribution < -0.4 is 5.46 Å². The van der Waals surface area contributed by atoms with Crippen molar-refractivity contribution in [2.45, 2.75) is 4.21 Å². The maximum absolute atomic E-state index is 11.5. The standard InChI is InChI=1S/C6H8BNO3S2/c1-8(2)13(10,11)6-5(9)4(7)3-12-6/h3,9H,1-2H3. The zero-order valence-corrected chi connectivity index (χ0v) is 8.82. The van der Waals surface area contributed by atoms with E-state index in [1.807, 2.05) is 0 Å².